The molecule has 0 aliphatic carbocycles. The van der Waals surface area contributed by atoms with Gasteiger partial charge in [-0.25, -0.2) is 0 Å². The number of halogens is 2. The Hall–Kier alpha value is -2.24. The molecule has 1 aromatic carbocycles. The van der Waals surface area contributed by atoms with Crippen LogP contribution < -0.4 is 5.32 Å². The van der Waals surface area contributed by atoms with Crippen LogP contribution in [0.2, 0.25) is 10.0 Å². The Morgan fingerprint density at radius 2 is 2.04 bits per heavy atom. The molecule has 23 heavy (non-hydrogen) atoms. The minimum absolute atomic E-state index is 0.248. The van der Waals surface area contributed by atoms with Gasteiger partial charge in [-0.05, 0) is 36.4 Å². The third kappa shape index (κ3) is 3.41. The van der Waals surface area contributed by atoms with Crippen LogP contribution in [0.1, 0.15) is 16.1 Å². The normalized spacial score (nSPS) is 10.7. The molecular formula is C16H13Cl2N3O2. The quantitative estimate of drug-likeness (QED) is 0.776. The summed E-state index contributed by atoms with van der Waals surface area (Å²) in [5.74, 6) is 1.10. The molecule has 2 aromatic heterocycles. The van der Waals surface area contributed by atoms with Crippen molar-refractivity contribution < 1.29 is 9.21 Å². The first-order chi connectivity index (χ1) is 11.0. The molecule has 0 unspecified atom stereocenters. The molecule has 7 heteroatoms. The first kappa shape index (κ1) is 15.6. The van der Waals surface area contributed by atoms with Gasteiger partial charge in [-0.2, -0.15) is 5.10 Å². The van der Waals surface area contributed by atoms with Gasteiger partial charge in [0.05, 0.1) is 16.6 Å². The summed E-state index contributed by atoms with van der Waals surface area (Å²) in [5.41, 5.74) is 1.31. The van der Waals surface area contributed by atoms with Crippen LogP contribution >= 0.6 is 23.2 Å². The highest BCUT2D eigenvalue weighted by Crippen LogP contribution is 2.23. The van der Waals surface area contributed by atoms with Gasteiger partial charge in [0.25, 0.3) is 5.91 Å². The van der Waals surface area contributed by atoms with E-state index in [1.54, 1.807) is 23.0 Å². The fourth-order valence-corrected chi connectivity index (χ4v) is 2.43. The molecule has 3 rings (SSSR count). The third-order valence-electron chi connectivity index (χ3n) is 3.34. The SMILES string of the molecule is Cn1nccc1-c1ccc(CNC(=O)c2ccc(Cl)c(Cl)c2)o1. The molecule has 1 amide bonds. The van der Waals surface area contributed by atoms with Crippen molar-refractivity contribution in [3.05, 3.63) is 64.0 Å². The van der Waals surface area contributed by atoms with Crippen LogP contribution in [-0.2, 0) is 13.6 Å². The monoisotopic (exact) mass is 349 g/mol. The second-order valence-corrected chi connectivity index (χ2v) is 5.73. The molecule has 0 radical (unpaired) electrons. The van der Waals surface area contributed by atoms with Crippen LogP contribution in [0, 0.1) is 0 Å². The predicted octanol–water partition coefficient (Wildman–Crippen LogP) is 3.92. The summed E-state index contributed by atoms with van der Waals surface area (Å²) >= 11 is 11.7. The van der Waals surface area contributed by atoms with Crippen molar-refractivity contribution in [3.8, 4) is 11.5 Å². The number of benzene rings is 1. The van der Waals surface area contributed by atoms with Crippen molar-refractivity contribution in [1.29, 1.82) is 0 Å². The van der Waals surface area contributed by atoms with Crippen molar-refractivity contribution in [2.75, 3.05) is 0 Å². The van der Waals surface area contributed by atoms with Crippen molar-refractivity contribution >= 4 is 29.1 Å². The number of furan rings is 1. The van der Waals surface area contributed by atoms with Gasteiger partial charge in [-0.1, -0.05) is 23.2 Å². The number of amides is 1. The average Bonchev–Trinajstić information content (AvgIpc) is 3.16. The average molecular weight is 350 g/mol. The highest BCUT2D eigenvalue weighted by atomic mass is 35.5. The number of aryl methyl sites for hydroxylation is 1. The maximum Gasteiger partial charge on any atom is 0.251 e. The fraction of sp³-hybridized carbons (Fsp3) is 0.125. The summed E-state index contributed by atoms with van der Waals surface area (Å²) in [4.78, 5) is 12.1. The van der Waals surface area contributed by atoms with Gasteiger partial charge in [0.2, 0.25) is 0 Å². The van der Waals surface area contributed by atoms with E-state index in [1.807, 2.05) is 25.2 Å². The molecule has 0 fully saturated rings. The van der Waals surface area contributed by atoms with Crippen LogP contribution in [0.25, 0.3) is 11.5 Å². The van der Waals surface area contributed by atoms with Crippen LogP contribution in [0.15, 0.2) is 47.0 Å². The zero-order chi connectivity index (χ0) is 16.4. The molecule has 118 valence electrons. The van der Waals surface area contributed by atoms with Gasteiger partial charge >= 0.3 is 0 Å². The largest absolute Gasteiger partial charge is 0.458 e. The van der Waals surface area contributed by atoms with Gasteiger partial charge in [-0.3, -0.25) is 9.48 Å². The van der Waals surface area contributed by atoms with E-state index >= 15 is 0 Å². The number of aromatic nitrogens is 2. The Morgan fingerprint density at radius 3 is 2.74 bits per heavy atom. The molecule has 0 saturated carbocycles. The lowest BCUT2D eigenvalue weighted by Crippen LogP contribution is -2.22. The Kier molecular flexibility index (Phi) is 4.41. The van der Waals surface area contributed by atoms with E-state index in [4.69, 9.17) is 27.6 Å². The van der Waals surface area contributed by atoms with E-state index in [-0.39, 0.29) is 12.5 Å². The predicted molar refractivity (Wildman–Crippen MR) is 88.5 cm³/mol. The number of carbonyl (C=O) groups excluding carboxylic acids is 1. The molecule has 0 bridgehead atoms. The number of hydrogen-bond donors (Lipinski definition) is 1. The van der Waals surface area contributed by atoms with Crippen LogP contribution in [0.5, 0.6) is 0 Å². The van der Waals surface area contributed by atoms with E-state index < -0.39 is 0 Å². The van der Waals surface area contributed by atoms with Crippen molar-refractivity contribution in [1.82, 2.24) is 15.1 Å². The van der Waals surface area contributed by atoms with E-state index in [2.05, 4.69) is 10.4 Å². The van der Waals surface area contributed by atoms with E-state index in [9.17, 15) is 4.79 Å². The van der Waals surface area contributed by atoms with Gasteiger partial charge in [0, 0.05) is 18.8 Å². The fourth-order valence-electron chi connectivity index (χ4n) is 2.13. The smallest absolute Gasteiger partial charge is 0.251 e. The molecule has 0 spiro atoms. The van der Waals surface area contributed by atoms with Gasteiger partial charge < -0.3 is 9.73 Å². The van der Waals surface area contributed by atoms with Gasteiger partial charge in [0.15, 0.2) is 5.76 Å². The first-order valence-corrected chi connectivity index (χ1v) is 7.60. The minimum atomic E-state index is -0.248. The summed E-state index contributed by atoms with van der Waals surface area (Å²) in [6.45, 7) is 0.275. The van der Waals surface area contributed by atoms with E-state index in [0.717, 1.165) is 5.69 Å². The zero-order valence-electron chi connectivity index (χ0n) is 12.2. The molecule has 5 nitrogen and oxygen atoms in total. The number of nitrogens with one attached hydrogen (secondary N) is 1. The molecule has 0 atom stereocenters. The minimum Gasteiger partial charge on any atom is -0.458 e. The topological polar surface area (TPSA) is 60.1 Å². The van der Waals surface area contributed by atoms with Crippen molar-refractivity contribution in [2.45, 2.75) is 6.54 Å². The summed E-state index contributed by atoms with van der Waals surface area (Å²) in [7, 11) is 1.84. The van der Waals surface area contributed by atoms with Crippen LogP contribution in [0.3, 0.4) is 0 Å². The number of nitrogens with zero attached hydrogens (tertiary/aromatic N) is 2. The highest BCUT2D eigenvalue weighted by molar-refractivity contribution is 6.42. The Morgan fingerprint density at radius 1 is 1.22 bits per heavy atom. The number of rotatable bonds is 4. The summed E-state index contributed by atoms with van der Waals surface area (Å²) in [6, 6.07) is 10.3. The molecule has 0 aliphatic rings. The molecule has 3 aromatic rings. The van der Waals surface area contributed by atoms with Crippen molar-refractivity contribution in [3.63, 3.8) is 0 Å². The summed E-state index contributed by atoms with van der Waals surface area (Å²) in [5, 5.41) is 7.63. The van der Waals surface area contributed by atoms with Crippen LogP contribution in [0.4, 0.5) is 0 Å². The maximum atomic E-state index is 12.1. The summed E-state index contributed by atoms with van der Waals surface area (Å²) < 4.78 is 7.43. The number of hydrogen-bond acceptors (Lipinski definition) is 3. The maximum absolute atomic E-state index is 12.1. The van der Waals surface area contributed by atoms with E-state index in [1.165, 1.54) is 6.07 Å². The third-order valence-corrected chi connectivity index (χ3v) is 4.08. The molecule has 2 heterocycles. The first-order valence-electron chi connectivity index (χ1n) is 6.85. The lowest BCUT2D eigenvalue weighted by Gasteiger charge is -2.04. The van der Waals surface area contributed by atoms with Crippen LogP contribution in [-0.4, -0.2) is 15.7 Å². The second kappa shape index (κ2) is 6.48. The molecule has 1 N–H and O–H groups in total. The van der Waals surface area contributed by atoms with Crippen molar-refractivity contribution in [2.24, 2.45) is 7.05 Å². The molecule has 0 saturated heterocycles. The van der Waals surface area contributed by atoms with E-state index in [0.29, 0.717) is 27.1 Å². The Bertz CT molecular complexity index is 855. The van der Waals surface area contributed by atoms with Gasteiger partial charge in [0.1, 0.15) is 11.5 Å². The number of carbonyl (C=O) groups is 1. The Balaban J connectivity index is 1.66. The Labute approximate surface area is 142 Å². The summed E-state index contributed by atoms with van der Waals surface area (Å²) in [6.07, 6.45) is 1.70. The second-order valence-electron chi connectivity index (χ2n) is 4.92. The molecular weight excluding hydrogens is 337 g/mol. The molecule has 0 aliphatic heterocycles. The zero-order valence-corrected chi connectivity index (χ0v) is 13.7. The standard InChI is InChI=1S/C16H13Cl2N3O2/c1-21-14(6-7-20-21)15-5-3-11(23-15)9-19-16(22)10-2-4-12(17)13(18)8-10/h2-8H,9H2,1H3,(H,19,22). The lowest BCUT2D eigenvalue weighted by molar-refractivity contribution is 0.0948. The van der Waals surface area contributed by atoms with Gasteiger partial charge in [-0.15, -0.1) is 0 Å². The highest BCUT2D eigenvalue weighted by Gasteiger charge is 2.11. The lowest BCUT2D eigenvalue weighted by atomic mass is 10.2.